The number of amides is 2. The average Bonchev–Trinajstić information content (AvgIpc) is 3.02. The van der Waals surface area contributed by atoms with Crippen molar-refractivity contribution in [2.24, 2.45) is 0 Å². The second kappa shape index (κ2) is 16.1. The van der Waals surface area contributed by atoms with E-state index in [1.165, 1.54) is 10.7 Å². The maximum absolute atomic E-state index is 14.0. The van der Waals surface area contributed by atoms with Crippen molar-refractivity contribution >= 4 is 43.5 Å². The molecule has 1 fully saturated rings. The van der Waals surface area contributed by atoms with Crippen LogP contribution < -0.4 is 14.4 Å². The highest BCUT2D eigenvalue weighted by Gasteiger charge is 2.32. The van der Waals surface area contributed by atoms with Gasteiger partial charge in [-0.05, 0) is 66.8 Å². The van der Waals surface area contributed by atoms with Crippen LogP contribution in [0.25, 0.3) is 0 Å². The van der Waals surface area contributed by atoms with Gasteiger partial charge in [-0.1, -0.05) is 77.7 Å². The smallest absolute Gasteiger partial charge is 0.243 e. The molecule has 1 atom stereocenters. The van der Waals surface area contributed by atoms with Gasteiger partial charge in [-0.2, -0.15) is 0 Å². The summed E-state index contributed by atoms with van der Waals surface area (Å²) in [4.78, 5) is 29.7. The van der Waals surface area contributed by atoms with Crippen molar-refractivity contribution in [3.8, 4) is 5.75 Å². The number of anilines is 1. The van der Waals surface area contributed by atoms with Gasteiger partial charge >= 0.3 is 0 Å². The largest absolute Gasteiger partial charge is 0.497 e. The molecular weight excluding hydrogens is 642 g/mol. The Morgan fingerprint density at radius 3 is 2.20 bits per heavy atom. The zero-order chi connectivity index (χ0) is 31.5. The third kappa shape index (κ3) is 9.82. The van der Waals surface area contributed by atoms with Gasteiger partial charge in [0.1, 0.15) is 11.8 Å². The zero-order valence-electron chi connectivity index (χ0n) is 25.5. The Kier molecular flexibility index (Phi) is 12.3. The van der Waals surface area contributed by atoms with Crippen LogP contribution in [0.3, 0.4) is 0 Å². The Hall–Kier alpha value is -3.37. The van der Waals surface area contributed by atoms with E-state index in [1.807, 2.05) is 54.6 Å². The molecule has 10 heteroatoms. The zero-order valence-corrected chi connectivity index (χ0v) is 27.9. The normalized spacial score (nSPS) is 14.4. The number of ether oxygens (including phenoxy) is 1. The second-order valence-electron chi connectivity index (χ2n) is 11.3. The minimum absolute atomic E-state index is 0.0840. The summed E-state index contributed by atoms with van der Waals surface area (Å²) in [6.07, 6.45) is 7.14. The van der Waals surface area contributed by atoms with Gasteiger partial charge in [0.15, 0.2) is 0 Å². The summed E-state index contributed by atoms with van der Waals surface area (Å²) in [6, 6.07) is 23.7. The predicted octanol–water partition coefficient (Wildman–Crippen LogP) is 6.09. The number of hydrogen-bond donors (Lipinski definition) is 1. The van der Waals surface area contributed by atoms with Crippen LogP contribution in [0.4, 0.5) is 5.69 Å². The van der Waals surface area contributed by atoms with E-state index in [-0.39, 0.29) is 43.8 Å². The lowest BCUT2D eigenvalue weighted by atomic mass is 9.94. The van der Waals surface area contributed by atoms with E-state index in [0.29, 0.717) is 17.9 Å². The number of carbonyl (C=O) groups is 2. The fourth-order valence-electron chi connectivity index (χ4n) is 5.64. The van der Waals surface area contributed by atoms with Gasteiger partial charge in [-0.15, -0.1) is 0 Å². The summed E-state index contributed by atoms with van der Waals surface area (Å²) < 4.78 is 32.8. The van der Waals surface area contributed by atoms with Crippen LogP contribution in [0, 0.1) is 0 Å². The highest BCUT2D eigenvalue weighted by molar-refractivity contribution is 9.10. The summed E-state index contributed by atoms with van der Waals surface area (Å²) in [5, 5.41) is 3.26. The van der Waals surface area contributed by atoms with Crippen LogP contribution in [0.5, 0.6) is 5.75 Å². The number of methoxy groups -OCH3 is 1. The lowest BCUT2D eigenvalue weighted by Gasteiger charge is -2.34. The fourth-order valence-corrected chi connectivity index (χ4v) is 6.87. The monoisotopic (exact) mass is 683 g/mol. The topological polar surface area (TPSA) is 96.0 Å². The molecule has 4 rings (SSSR count). The highest BCUT2D eigenvalue weighted by atomic mass is 79.9. The van der Waals surface area contributed by atoms with Crippen molar-refractivity contribution in [1.82, 2.24) is 10.2 Å². The molecular formula is C34H42BrN3O5S. The molecule has 8 nitrogen and oxygen atoms in total. The van der Waals surface area contributed by atoms with Crippen LogP contribution in [-0.4, -0.2) is 57.1 Å². The molecule has 1 aliphatic carbocycles. The molecule has 0 spiro atoms. The van der Waals surface area contributed by atoms with Crippen LogP contribution in [0.1, 0.15) is 56.1 Å². The van der Waals surface area contributed by atoms with Gasteiger partial charge in [-0.3, -0.25) is 13.9 Å². The molecule has 1 aliphatic rings. The van der Waals surface area contributed by atoms with E-state index in [9.17, 15) is 18.0 Å². The first-order valence-corrected chi connectivity index (χ1v) is 17.8. The van der Waals surface area contributed by atoms with Crippen molar-refractivity contribution in [3.05, 3.63) is 94.5 Å². The molecule has 1 saturated carbocycles. The van der Waals surface area contributed by atoms with Gasteiger partial charge < -0.3 is 15.0 Å². The fraction of sp³-hybridized carbons (Fsp3) is 0.412. The lowest BCUT2D eigenvalue weighted by molar-refractivity contribution is -0.141. The minimum Gasteiger partial charge on any atom is -0.497 e. The van der Waals surface area contributed by atoms with E-state index >= 15 is 0 Å². The van der Waals surface area contributed by atoms with E-state index < -0.39 is 16.1 Å². The van der Waals surface area contributed by atoms with Gasteiger partial charge in [0.05, 0.1) is 19.1 Å². The molecule has 2 amide bonds. The van der Waals surface area contributed by atoms with E-state index in [1.54, 1.807) is 36.3 Å². The third-order valence-electron chi connectivity index (χ3n) is 8.00. The first-order valence-electron chi connectivity index (χ1n) is 15.1. The summed E-state index contributed by atoms with van der Waals surface area (Å²) in [5.41, 5.74) is 2.37. The Labute approximate surface area is 270 Å². The number of benzene rings is 3. The Balaban J connectivity index is 1.57. The molecule has 3 aromatic rings. The molecule has 0 aromatic heterocycles. The van der Waals surface area contributed by atoms with Crippen LogP contribution in [-0.2, 0) is 32.6 Å². The van der Waals surface area contributed by atoms with E-state index in [2.05, 4.69) is 21.2 Å². The van der Waals surface area contributed by atoms with Crippen molar-refractivity contribution < 1.29 is 22.7 Å². The molecule has 0 bridgehead atoms. The van der Waals surface area contributed by atoms with Crippen LogP contribution in [0.2, 0.25) is 0 Å². The number of halogens is 1. The van der Waals surface area contributed by atoms with E-state index in [0.717, 1.165) is 47.5 Å². The lowest BCUT2D eigenvalue weighted by Crippen LogP contribution is -2.52. The molecule has 236 valence electrons. The SMILES string of the molecule is COc1ccc(N(CCCC(=O)N(Cc2ccc(Br)cc2)[C@H](Cc2ccccc2)C(=O)NC2CCCCC2)S(C)(=O)=O)cc1. The predicted molar refractivity (Wildman–Crippen MR) is 178 cm³/mol. The Morgan fingerprint density at radius 1 is 0.932 bits per heavy atom. The summed E-state index contributed by atoms with van der Waals surface area (Å²) >= 11 is 3.48. The van der Waals surface area contributed by atoms with Crippen LogP contribution in [0.15, 0.2) is 83.3 Å². The number of rotatable bonds is 14. The maximum Gasteiger partial charge on any atom is 0.243 e. The number of nitrogens with zero attached hydrogens (tertiary/aromatic N) is 2. The first-order chi connectivity index (χ1) is 21.1. The standard InChI is InChI=1S/C34H42BrN3O5S/c1-43-31-21-19-30(20-22-31)38(44(2,41)42)23-9-14-33(39)37(25-27-15-17-28(35)18-16-27)32(24-26-10-5-3-6-11-26)34(40)36-29-12-7-4-8-13-29/h3,5-6,10-11,15-22,29,32H,4,7-9,12-14,23-25H2,1-2H3,(H,36,40)/t32-/m1/s1. The summed E-state index contributed by atoms with van der Waals surface area (Å²) in [7, 11) is -2.05. The van der Waals surface area contributed by atoms with Crippen LogP contribution >= 0.6 is 15.9 Å². The molecule has 0 heterocycles. The highest BCUT2D eigenvalue weighted by Crippen LogP contribution is 2.24. The average molecular weight is 685 g/mol. The Morgan fingerprint density at radius 2 is 1.59 bits per heavy atom. The molecule has 0 saturated heterocycles. The van der Waals surface area contributed by atoms with Gasteiger partial charge in [0, 0.05) is 36.4 Å². The summed E-state index contributed by atoms with van der Waals surface area (Å²) in [5.74, 6) is 0.273. The van der Waals surface area contributed by atoms with Gasteiger partial charge in [-0.25, -0.2) is 8.42 Å². The van der Waals surface area contributed by atoms with Gasteiger partial charge in [0.25, 0.3) is 0 Å². The number of sulfonamides is 1. The quantitative estimate of drug-likeness (QED) is 0.222. The van der Waals surface area contributed by atoms with Crippen molar-refractivity contribution in [1.29, 1.82) is 0 Å². The third-order valence-corrected chi connectivity index (χ3v) is 9.72. The molecule has 0 aliphatic heterocycles. The Bertz CT molecular complexity index is 1460. The van der Waals surface area contributed by atoms with Gasteiger partial charge in [0.2, 0.25) is 21.8 Å². The van der Waals surface area contributed by atoms with Crippen molar-refractivity contribution in [2.45, 2.75) is 70.0 Å². The number of nitrogens with one attached hydrogen (secondary N) is 1. The molecule has 0 radical (unpaired) electrons. The maximum atomic E-state index is 14.0. The van der Waals surface area contributed by atoms with Crippen molar-refractivity contribution in [3.63, 3.8) is 0 Å². The number of carbonyl (C=O) groups excluding carboxylic acids is 2. The molecule has 1 N–H and O–H groups in total. The molecule has 0 unspecified atom stereocenters. The molecule has 3 aromatic carbocycles. The van der Waals surface area contributed by atoms with E-state index in [4.69, 9.17) is 4.74 Å². The first kappa shape index (κ1) is 33.5. The van der Waals surface area contributed by atoms with Crippen molar-refractivity contribution in [2.75, 3.05) is 24.2 Å². The summed E-state index contributed by atoms with van der Waals surface area (Å²) in [6.45, 7) is 0.386. The number of hydrogen-bond acceptors (Lipinski definition) is 5. The second-order valence-corrected chi connectivity index (χ2v) is 14.2. The minimum atomic E-state index is -3.60. The molecule has 44 heavy (non-hydrogen) atoms.